The van der Waals surface area contributed by atoms with Crippen LogP contribution >= 0.6 is 0 Å². The number of rotatable bonds is 7. The number of aliphatic carboxylic acids is 1. The van der Waals surface area contributed by atoms with Gasteiger partial charge in [0.25, 0.3) is 0 Å². The molecule has 0 bridgehead atoms. The van der Waals surface area contributed by atoms with Gasteiger partial charge in [0.05, 0.1) is 31.6 Å². The maximum Gasteiger partial charge on any atom is 0.352 e. The van der Waals surface area contributed by atoms with Crippen molar-refractivity contribution >= 4 is 17.8 Å². The molecule has 1 fully saturated rings. The van der Waals surface area contributed by atoms with Crippen LogP contribution in [0.15, 0.2) is 53.7 Å². The van der Waals surface area contributed by atoms with E-state index in [9.17, 15) is 24.6 Å². The van der Waals surface area contributed by atoms with Crippen molar-refractivity contribution in [3.63, 3.8) is 0 Å². The van der Waals surface area contributed by atoms with E-state index in [4.69, 9.17) is 9.47 Å². The fourth-order valence-electron chi connectivity index (χ4n) is 5.90. The lowest BCUT2D eigenvalue weighted by atomic mass is 9.78. The largest absolute Gasteiger partial charge is 0.488 e. The summed E-state index contributed by atoms with van der Waals surface area (Å²) >= 11 is 0. The number of amides is 1. The summed E-state index contributed by atoms with van der Waals surface area (Å²) in [4.78, 5) is 38.1. The van der Waals surface area contributed by atoms with Crippen molar-refractivity contribution in [3.8, 4) is 16.9 Å². The minimum Gasteiger partial charge on any atom is -0.488 e. The van der Waals surface area contributed by atoms with Gasteiger partial charge in [-0.3, -0.25) is 9.59 Å². The summed E-state index contributed by atoms with van der Waals surface area (Å²) in [6.07, 6.45) is -0.656. The first-order valence-electron chi connectivity index (χ1n) is 11.7. The maximum atomic E-state index is 12.6. The number of esters is 1. The van der Waals surface area contributed by atoms with Gasteiger partial charge in [-0.15, -0.1) is 0 Å². The monoisotopic (exact) mass is 477 g/mol. The van der Waals surface area contributed by atoms with E-state index in [0.717, 1.165) is 22.3 Å². The summed E-state index contributed by atoms with van der Waals surface area (Å²) in [5.41, 5.74) is 4.27. The predicted octanol–water partition coefficient (Wildman–Crippen LogP) is 2.94. The number of carbonyl (C=O) groups is 3. The van der Waals surface area contributed by atoms with Crippen LogP contribution in [0.2, 0.25) is 0 Å². The Labute approximate surface area is 202 Å². The lowest BCUT2D eigenvalue weighted by Gasteiger charge is -2.46. The lowest BCUT2D eigenvalue weighted by molar-refractivity contribution is -0.163. The average Bonchev–Trinajstić information content (AvgIpc) is 3.27. The van der Waals surface area contributed by atoms with Crippen LogP contribution in [-0.2, 0) is 19.1 Å². The summed E-state index contributed by atoms with van der Waals surface area (Å²) in [7, 11) is 1.37. The SMILES string of the molecule is COC(=O)CC1c2ccccc2-c2c(OCC3=C(C(=O)O)N4C(=O)C(C(C)O)C4[C@H]3C)cccc21. The molecular weight excluding hydrogens is 450 g/mol. The normalized spacial score (nSPS) is 24.9. The zero-order chi connectivity index (χ0) is 25.0. The Morgan fingerprint density at radius 1 is 1.11 bits per heavy atom. The molecule has 0 radical (unpaired) electrons. The molecule has 3 aliphatic rings. The van der Waals surface area contributed by atoms with Crippen LogP contribution in [0, 0.1) is 11.8 Å². The van der Waals surface area contributed by atoms with Crippen LogP contribution in [0.4, 0.5) is 0 Å². The van der Waals surface area contributed by atoms with Crippen LogP contribution in [0.1, 0.15) is 37.3 Å². The molecule has 8 nitrogen and oxygen atoms in total. The molecule has 1 amide bonds. The van der Waals surface area contributed by atoms with Crippen molar-refractivity contribution in [1.29, 1.82) is 0 Å². The average molecular weight is 478 g/mol. The smallest absolute Gasteiger partial charge is 0.352 e. The van der Waals surface area contributed by atoms with Gasteiger partial charge in [0, 0.05) is 23.0 Å². The number of aliphatic hydroxyl groups excluding tert-OH is 1. The van der Waals surface area contributed by atoms with Crippen LogP contribution in [-0.4, -0.2) is 58.8 Å². The molecule has 0 spiro atoms. The highest BCUT2D eigenvalue weighted by atomic mass is 16.5. The van der Waals surface area contributed by atoms with Gasteiger partial charge in [0.15, 0.2) is 0 Å². The fraction of sp³-hybridized carbons (Fsp3) is 0.370. The topological polar surface area (TPSA) is 113 Å². The van der Waals surface area contributed by atoms with Crippen molar-refractivity contribution in [2.75, 3.05) is 13.7 Å². The van der Waals surface area contributed by atoms with Crippen LogP contribution in [0.25, 0.3) is 11.1 Å². The molecule has 2 aromatic carbocycles. The van der Waals surface area contributed by atoms with E-state index in [0.29, 0.717) is 11.3 Å². The number of β-lactam (4-membered cyclic amide) rings is 1. The highest BCUT2D eigenvalue weighted by Gasteiger charge is 2.59. The second kappa shape index (κ2) is 8.53. The molecule has 35 heavy (non-hydrogen) atoms. The summed E-state index contributed by atoms with van der Waals surface area (Å²) in [5.74, 6) is -2.33. The number of benzene rings is 2. The zero-order valence-electron chi connectivity index (χ0n) is 19.7. The van der Waals surface area contributed by atoms with Crippen molar-refractivity contribution in [2.24, 2.45) is 11.8 Å². The maximum absolute atomic E-state index is 12.6. The minimum atomic E-state index is -1.18. The molecule has 0 saturated carbocycles. The van der Waals surface area contributed by atoms with E-state index in [2.05, 4.69) is 0 Å². The van der Waals surface area contributed by atoms with Gasteiger partial charge in [-0.1, -0.05) is 43.3 Å². The van der Waals surface area contributed by atoms with Crippen LogP contribution < -0.4 is 4.74 Å². The summed E-state index contributed by atoms with van der Waals surface area (Å²) in [6.45, 7) is 3.41. The van der Waals surface area contributed by atoms with Gasteiger partial charge >= 0.3 is 11.9 Å². The fourth-order valence-corrected chi connectivity index (χ4v) is 5.90. The van der Waals surface area contributed by atoms with E-state index in [1.54, 1.807) is 6.92 Å². The zero-order valence-corrected chi connectivity index (χ0v) is 19.7. The van der Waals surface area contributed by atoms with E-state index in [1.807, 2.05) is 49.4 Å². The number of ether oxygens (including phenoxy) is 2. The Kier molecular flexibility index (Phi) is 5.63. The summed E-state index contributed by atoms with van der Waals surface area (Å²) in [6, 6.07) is 13.1. The Bertz CT molecular complexity index is 1260. The van der Waals surface area contributed by atoms with E-state index >= 15 is 0 Å². The molecule has 1 saturated heterocycles. The molecule has 2 aromatic rings. The molecule has 4 unspecified atom stereocenters. The van der Waals surface area contributed by atoms with E-state index < -0.39 is 18.0 Å². The van der Waals surface area contributed by atoms with Gasteiger partial charge in [-0.05, 0) is 29.7 Å². The first-order chi connectivity index (χ1) is 16.8. The van der Waals surface area contributed by atoms with Crippen molar-refractivity contribution in [1.82, 2.24) is 4.90 Å². The molecule has 5 atom stereocenters. The number of hydrogen-bond donors (Lipinski definition) is 2. The van der Waals surface area contributed by atoms with Crippen molar-refractivity contribution in [3.05, 3.63) is 64.9 Å². The molecule has 8 heteroatoms. The lowest BCUT2D eigenvalue weighted by Crippen LogP contribution is -2.63. The Morgan fingerprint density at radius 2 is 1.83 bits per heavy atom. The van der Waals surface area contributed by atoms with Gasteiger partial charge in [0.1, 0.15) is 18.1 Å². The van der Waals surface area contributed by atoms with Gasteiger partial charge in [-0.2, -0.15) is 0 Å². The third kappa shape index (κ3) is 3.43. The molecule has 0 aromatic heterocycles. The predicted molar refractivity (Wildman–Crippen MR) is 125 cm³/mol. The Balaban J connectivity index is 1.48. The van der Waals surface area contributed by atoms with Crippen molar-refractivity contribution in [2.45, 2.75) is 38.3 Å². The molecule has 2 N–H and O–H groups in total. The summed E-state index contributed by atoms with van der Waals surface area (Å²) in [5, 5.41) is 19.9. The number of methoxy groups -OCH3 is 1. The van der Waals surface area contributed by atoms with Crippen LogP contribution in [0.5, 0.6) is 5.75 Å². The minimum absolute atomic E-state index is 0.00407. The number of aliphatic hydroxyl groups is 1. The second-order valence-corrected chi connectivity index (χ2v) is 9.36. The van der Waals surface area contributed by atoms with E-state index in [-0.39, 0.29) is 48.5 Å². The third-order valence-corrected chi connectivity index (χ3v) is 7.54. The highest BCUT2D eigenvalue weighted by molar-refractivity contribution is 6.00. The molecule has 1 aliphatic carbocycles. The highest BCUT2D eigenvalue weighted by Crippen LogP contribution is 2.51. The molecule has 2 aliphatic heterocycles. The number of carboxylic acid groups (broad SMARTS) is 1. The number of fused-ring (bicyclic) bond motifs is 4. The van der Waals surface area contributed by atoms with Gasteiger partial charge in [-0.25, -0.2) is 4.79 Å². The van der Waals surface area contributed by atoms with Crippen molar-refractivity contribution < 1.29 is 34.1 Å². The summed E-state index contributed by atoms with van der Waals surface area (Å²) < 4.78 is 11.1. The first kappa shape index (κ1) is 23.1. The molecule has 182 valence electrons. The number of carboxylic acids is 1. The molecular formula is C27H27NO7. The Morgan fingerprint density at radius 3 is 2.51 bits per heavy atom. The standard InChI is InChI=1S/C27H27NO7/c1-13-19(25(27(32)33)28-24(13)22(14(2)29)26(28)31)12-35-20-10-6-9-17-18(11-21(30)34-3)15-7-4-5-8-16(15)23(17)20/h4-10,13-14,18,22,24,29H,11-12H2,1-3H3,(H,32,33)/t13-,14?,18?,22?,24?/m0/s1. The second-order valence-electron chi connectivity index (χ2n) is 9.36. The number of carbonyl (C=O) groups excluding carboxylic acids is 2. The quantitative estimate of drug-likeness (QED) is 0.466. The molecule has 5 rings (SSSR count). The van der Waals surface area contributed by atoms with Crippen LogP contribution in [0.3, 0.4) is 0 Å². The third-order valence-electron chi connectivity index (χ3n) is 7.54. The first-order valence-corrected chi connectivity index (χ1v) is 11.7. The number of nitrogens with zero attached hydrogens (tertiary/aromatic N) is 1. The molecule has 2 heterocycles. The van der Waals surface area contributed by atoms with Gasteiger partial charge in [0.2, 0.25) is 5.91 Å². The Hall–Kier alpha value is -3.65. The number of hydrogen-bond acceptors (Lipinski definition) is 6. The van der Waals surface area contributed by atoms with Gasteiger partial charge < -0.3 is 24.6 Å². The van der Waals surface area contributed by atoms with E-state index in [1.165, 1.54) is 12.0 Å².